The maximum absolute atomic E-state index is 12.0. The summed E-state index contributed by atoms with van der Waals surface area (Å²) in [6.07, 6.45) is 8.44. The lowest BCUT2D eigenvalue weighted by molar-refractivity contribution is -0.130. The highest BCUT2D eigenvalue weighted by atomic mass is 127. The predicted octanol–water partition coefficient (Wildman–Crippen LogP) is 2.36. The van der Waals surface area contributed by atoms with Gasteiger partial charge in [-0.15, -0.1) is 24.0 Å². The quantitative estimate of drug-likeness (QED) is 0.293. The van der Waals surface area contributed by atoms with Crippen molar-refractivity contribution in [2.75, 3.05) is 33.2 Å². The molecule has 2 N–H and O–H groups in total. The van der Waals surface area contributed by atoms with Crippen LogP contribution in [0.15, 0.2) is 4.99 Å². The van der Waals surface area contributed by atoms with Crippen LogP contribution in [0.1, 0.15) is 51.9 Å². The van der Waals surface area contributed by atoms with Crippen molar-refractivity contribution in [1.29, 1.82) is 0 Å². The van der Waals surface area contributed by atoms with Crippen LogP contribution in [0.25, 0.3) is 0 Å². The summed E-state index contributed by atoms with van der Waals surface area (Å²) in [6, 6.07) is 0. The van der Waals surface area contributed by atoms with Crippen LogP contribution in [0, 0.1) is 0 Å². The number of unbranched alkanes of at least 4 members (excludes halogenated alkanes) is 3. The van der Waals surface area contributed by atoms with Crippen LogP contribution in [0.4, 0.5) is 0 Å². The third-order valence-corrected chi connectivity index (χ3v) is 3.66. The second kappa shape index (κ2) is 13.2. The molecule has 124 valence electrons. The van der Waals surface area contributed by atoms with Gasteiger partial charge in [0.05, 0.1) is 6.54 Å². The molecule has 0 spiro atoms. The fourth-order valence-corrected chi connectivity index (χ4v) is 2.39. The molecule has 5 nitrogen and oxygen atoms in total. The van der Waals surface area contributed by atoms with Crippen LogP contribution in [-0.2, 0) is 4.79 Å². The largest absolute Gasteiger partial charge is 0.356 e. The number of halogens is 1. The predicted molar refractivity (Wildman–Crippen MR) is 99.4 cm³/mol. The van der Waals surface area contributed by atoms with Crippen molar-refractivity contribution in [3.05, 3.63) is 0 Å². The van der Waals surface area contributed by atoms with Crippen molar-refractivity contribution in [2.45, 2.75) is 51.9 Å². The number of piperidine rings is 1. The number of aliphatic imine (C=N–C) groups is 1. The van der Waals surface area contributed by atoms with Gasteiger partial charge in [0.25, 0.3) is 0 Å². The molecule has 1 heterocycles. The van der Waals surface area contributed by atoms with Crippen molar-refractivity contribution >= 4 is 35.8 Å². The van der Waals surface area contributed by atoms with E-state index in [1.807, 2.05) is 4.90 Å². The Morgan fingerprint density at radius 1 is 1.10 bits per heavy atom. The number of hydrogen-bond donors (Lipinski definition) is 2. The van der Waals surface area contributed by atoms with Gasteiger partial charge in [-0.2, -0.15) is 0 Å². The zero-order valence-electron chi connectivity index (χ0n) is 13.5. The van der Waals surface area contributed by atoms with Gasteiger partial charge in [0, 0.05) is 26.7 Å². The lowest BCUT2D eigenvalue weighted by Gasteiger charge is -2.27. The molecule has 0 bridgehead atoms. The third-order valence-electron chi connectivity index (χ3n) is 3.66. The number of carbonyl (C=O) groups excluding carboxylic acids is 1. The van der Waals surface area contributed by atoms with E-state index >= 15 is 0 Å². The van der Waals surface area contributed by atoms with Gasteiger partial charge in [0.15, 0.2) is 5.96 Å². The van der Waals surface area contributed by atoms with Gasteiger partial charge >= 0.3 is 0 Å². The molecule has 1 fully saturated rings. The van der Waals surface area contributed by atoms with E-state index in [9.17, 15) is 4.79 Å². The molecule has 1 amide bonds. The van der Waals surface area contributed by atoms with Gasteiger partial charge in [-0.3, -0.25) is 9.79 Å². The molecular formula is C15H31IN4O. The fraction of sp³-hybridized carbons (Fsp3) is 0.867. The fourth-order valence-electron chi connectivity index (χ4n) is 2.39. The number of amides is 1. The smallest absolute Gasteiger partial charge is 0.241 e. The SMILES string of the molecule is CCCCCCNC(=NC)NCC(=O)N1CCCCC1.I. The molecule has 0 aromatic rings. The molecule has 0 aliphatic carbocycles. The average Bonchev–Trinajstić information content (AvgIpc) is 2.50. The molecule has 0 aromatic carbocycles. The Kier molecular flexibility index (Phi) is 12.8. The Bertz CT molecular complexity index is 304. The number of nitrogens with one attached hydrogen (secondary N) is 2. The van der Waals surface area contributed by atoms with Crippen LogP contribution in [0.3, 0.4) is 0 Å². The Labute approximate surface area is 146 Å². The summed E-state index contributed by atoms with van der Waals surface area (Å²) in [5.41, 5.74) is 0. The lowest BCUT2D eigenvalue weighted by atomic mass is 10.1. The Hall–Kier alpha value is -0.530. The number of carbonyl (C=O) groups is 1. The van der Waals surface area contributed by atoms with E-state index in [0.29, 0.717) is 6.54 Å². The minimum atomic E-state index is 0. The molecule has 0 radical (unpaired) electrons. The molecule has 0 unspecified atom stereocenters. The minimum Gasteiger partial charge on any atom is -0.356 e. The number of guanidine groups is 1. The zero-order valence-corrected chi connectivity index (χ0v) is 15.8. The van der Waals surface area contributed by atoms with Crippen molar-refractivity contribution in [3.8, 4) is 0 Å². The molecule has 21 heavy (non-hydrogen) atoms. The Morgan fingerprint density at radius 2 is 1.81 bits per heavy atom. The molecule has 1 saturated heterocycles. The van der Waals surface area contributed by atoms with Gasteiger partial charge in [0.1, 0.15) is 0 Å². The standard InChI is InChI=1S/C15H30N4O.HI/c1-3-4-5-7-10-17-15(16-2)18-13-14(20)19-11-8-6-9-12-19;/h3-13H2,1-2H3,(H2,16,17,18);1H. The second-order valence-corrected chi connectivity index (χ2v) is 5.35. The maximum Gasteiger partial charge on any atom is 0.241 e. The summed E-state index contributed by atoms with van der Waals surface area (Å²) < 4.78 is 0. The summed E-state index contributed by atoms with van der Waals surface area (Å²) in [4.78, 5) is 18.1. The second-order valence-electron chi connectivity index (χ2n) is 5.35. The highest BCUT2D eigenvalue weighted by molar-refractivity contribution is 14.0. The minimum absolute atomic E-state index is 0. The van der Waals surface area contributed by atoms with Crippen molar-refractivity contribution in [3.63, 3.8) is 0 Å². The van der Waals surface area contributed by atoms with Crippen LogP contribution in [0.5, 0.6) is 0 Å². The molecule has 1 aliphatic heterocycles. The van der Waals surface area contributed by atoms with E-state index in [-0.39, 0.29) is 29.9 Å². The molecule has 1 aliphatic rings. The molecule has 0 aromatic heterocycles. The third kappa shape index (κ3) is 9.16. The van der Waals surface area contributed by atoms with E-state index in [1.165, 1.54) is 25.7 Å². The van der Waals surface area contributed by atoms with Crippen LogP contribution in [-0.4, -0.2) is 50.0 Å². The molecule has 1 rings (SSSR count). The number of nitrogens with zero attached hydrogens (tertiary/aromatic N) is 2. The van der Waals surface area contributed by atoms with Gasteiger partial charge in [-0.25, -0.2) is 0 Å². The normalized spacial score (nSPS) is 15.3. The first-order chi connectivity index (χ1) is 9.77. The summed E-state index contributed by atoms with van der Waals surface area (Å²) >= 11 is 0. The van der Waals surface area contributed by atoms with E-state index in [2.05, 4.69) is 22.5 Å². The summed E-state index contributed by atoms with van der Waals surface area (Å²) in [5, 5.41) is 6.36. The van der Waals surface area contributed by atoms with Crippen molar-refractivity contribution in [1.82, 2.24) is 15.5 Å². The van der Waals surface area contributed by atoms with Crippen LogP contribution < -0.4 is 10.6 Å². The van der Waals surface area contributed by atoms with E-state index in [1.54, 1.807) is 7.05 Å². The first-order valence-corrected chi connectivity index (χ1v) is 8.00. The monoisotopic (exact) mass is 410 g/mol. The van der Waals surface area contributed by atoms with Crippen LogP contribution in [0.2, 0.25) is 0 Å². The maximum atomic E-state index is 12.0. The van der Waals surface area contributed by atoms with Gasteiger partial charge in [-0.05, 0) is 25.7 Å². The molecule has 0 saturated carbocycles. The lowest BCUT2D eigenvalue weighted by Crippen LogP contribution is -2.46. The van der Waals surface area contributed by atoms with Crippen LogP contribution >= 0.6 is 24.0 Å². The number of rotatable bonds is 7. The van der Waals surface area contributed by atoms with Gasteiger partial charge in [-0.1, -0.05) is 26.2 Å². The summed E-state index contributed by atoms with van der Waals surface area (Å²) in [5.74, 6) is 0.908. The molecule has 6 heteroatoms. The van der Waals surface area contributed by atoms with Gasteiger partial charge < -0.3 is 15.5 Å². The topological polar surface area (TPSA) is 56.7 Å². The summed E-state index contributed by atoms with van der Waals surface area (Å²) in [6.45, 7) is 5.28. The Morgan fingerprint density at radius 3 is 2.43 bits per heavy atom. The number of hydrogen-bond acceptors (Lipinski definition) is 2. The van der Waals surface area contributed by atoms with Crippen molar-refractivity contribution in [2.24, 2.45) is 4.99 Å². The molecule has 0 atom stereocenters. The molecular weight excluding hydrogens is 379 g/mol. The van der Waals surface area contributed by atoms with E-state index in [4.69, 9.17) is 0 Å². The Balaban J connectivity index is 0.00000400. The number of likely N-dealkylation sites (tertiary alicyclic amines) is 1. The summed E-state index contributed by atoms with van der Waals surface area (Å²) in [7, 11) is 1.74. The van der Waals surface area contributed by atoms with Crippen molar-refractivity contribution < 1.29 is 4.79 Å². The zero-order chi connectivity index (χ0) is 14.6. The van der Waals surface area contributed by atoms with E-state index < -0.39 is 0 Å². The highest BCUT2D eigenvalue weighted by Crippen LogP contribution is 2.08. The average molecular weight is 410 g/mol. The first kappa shape index (κ1) is 20.5. The van der Waals surface area contributed by atoms with Gasteiger partial charge in [0.2, 0.25) is 5.91 Å². The van der Waals surface area contributed by atoms with E-state index in [0.717, 1.165) is 44.9 Å². The first-order valence-electron chi connectivity index (χ1n) is 8.00. The highest BCUT2D eigenvalue weighted by Gasteiger charge is 2.16.